The van der Waals surface area contributed by atoms with E-state index in [1.165, 1.54) is 0 Å². The van der Waals surface area contributed by atoms with E-state index in [0.29, 0.717) is 0 Å². The Hall–Kier alpha value is 0.0300. The highest BCUT2D eigenvalue weighted by atomic mass is 32.1. The van der Waals surface area contributed by atoms with Gasteiger partial charge in [-0.1, -0.05) is 13.8 Å². The summed E-state index contributed by atoms with van der Waals surface area (Å²) in [6.45, 7) is 6.39. The van der Waals surface area contributed by atoms with Gasteiger partial charge in [0.15, 0.2) is 0 Å². The molecule has 0 fully saturated rings. The highest BCUT2D eigenvalue weighted by Gasteiger charge is 1.62. The van der Waals surface area contributed by atoms with Crippen LogP contribution in [0.3, 0.4) is 0 Å². The Labute approximate surface area is 65.5 Å². The van der Waals surface area contributed by atoms with Gasteiger partial charge < -0.3 is 5.32 Å². The van der Waals surface area contributed by atoms with E-state index >= 15 is 0 Å². The largest absolute Gasteiger partial charge is 0.317 e. The van der Waals surface area contributed by atoms with Gasteiger partial charge in [0, 0.05) is 0 Å². The molecule has 0 atom stereocenters. The number of halogens is 4. The Morgan fingerprint density at radius 1 is 0.800 bits per heavy atom. The summed E-state index contributed by atoms with van der Waals surface area (Å²) < 4.78 is 0. The highest BCUT2D eigenvalue weighted by molar-refractivity contribution is 7.59. The Bertz CT molecular complexity index is 24.7. The maximum Gasteiger partial charge on any atom is -0.00775 e. The van der Waals surface area contributed by atoms with Crippen molar-refractivity contribution in [3.63, 3.8) is 0 Å². The summed E-state index contributed by atoms with van der Waals surface area (Å²) in [6, 6.07) is 0. The molecule has 0 radical (unpaired) electrons. The number of hydrogen-bond acceptors (Lipinski definition) is 1. The molecular weight excluding hydrogens is 170 g/mol. The van der Waals surface area contributed by atoms with Crippen LogP contribution in [0, 0.1) is 0 Å². The van der Waals surface area contributed by atoms with Gasteiger partial charge in [-0.15, -0.1) is 0 Å². The predicted octanol–water partition coefficient (Wildman–Crippen LogP) is 1.34. The van der Waals surface area contributed by atoms with E-state index in [1.807, 2.05) is 0 Å². The molecule has 0 amide bonds. The van der Waals surface area contributed by atoms with Crippen LogP contribution < -0.4 is 5.32 Å². The minimum Gasteiger partial charge on any atom is -0.317 e. The summed E-state index contributed by atoms with van der Waals surface area (Å²) in [5.74, 6) is 0. The number of hydrogen-bond donors (Lipinski definition) is 1. The van der Waals surface area contributed by atoms with Crippen LogP contribution in [-0.4, -0.2) is 13.1 Å². The van der Waals surface area contributed by atoms with Gasteiger partial charge in [0.2, 0.25) is 0 Å². The van der Waals surface area contributed by atoms with E-state index in [-0.39, 0.29) is 32.3 Å². The van der Waals surface area contributed by atoms with Crippen LogP contribution in [-0.2, 0) is 0 Å². The monoisotopic (exact) mass is 187 g/mol. The molecule has 0 rings (SSSR count). The predicted molar refractivity (Wildman–Crippen MR) is 44.6 cm³/mol. The topological polar surface area (TPSA) is 12.0 Å². The number of rotatable bonds is 2. The molecule has 0 aliphatic heterocycles. The quantitative estimate of drug-likeness (QED) is 0.643. The van der Waals surface area contributed by atoms with Gasteiger partial charge in [-0.05, 0) is 13.1 Å². The van der Waals surface area contributed by atoms with Crippen LogP contribution in [0.15, 0.2) is 0 Å². The fourth-order valence-electron chi connectivity index (χ4n) is 0.250. The van der Waals surface area contributed by atoms with E-state index in [2.05, 4.69) is 19.2 Å². The second kappa shape index (κ2) is 63.4. The van der Waals surface area contributed by atoms with Crippen molar-refractivity contribution in [2.24, 2.45) is 0 Å². The molecule has 1 N–H and O–H groups in total. The van der Waals surface area contributed by atoms with Gasteiger partial charge >= 0.3 is 0 Å². The lowest BCUT2D eigenvalue weighted by Crippen LogP contribution is -2.09. The Morgan fingerprint density at radius 2 is 1.00 bits per heavy atom. The van der Waals surface area contributed by atoms with Crippen molar-refractivity contribution < 1.29 is 18.8 Å². The second-order valence-electron chi connectivity index (χ2n) is 0.957. The van der Waals surface area contributed by atoms with Gasteiger partial charge in [-0.3, -0.25) is 18.8 Å². The van der Waals surface area contributed by atoms with Gasteiger partial charge in [-0.2, -0.15) is 13.5 Å². The molecule has 0 aromatic heterocycles. The summed E-state index contributed by atoms with van der Waals surface area (Å²) in [5.41, 5.74) is 0. The first kappa shape index (κ1) is 50.4. The average Bonchev–Trinajstić information content (AvgIpc) is 1.41. The van der Waals surface area contributed by atoms with Crippen LogP contribution >= 0.6 is 13.5 Å². The molecule has 1 nitrogen and oxygen atoms in total. The summed E-state index contributed by atoms with van der Waals surface area (Å²) >= 11 is 0. The van der Waals surface area contributed by atoms with Crippen LogP contribution in [0.5, 0.6) is 0 Å². The lowest BCUT2D eigenvalue weighted by molar-refractivity contribution is 0.762. The van der Waals surface area contributed by atoms with Gasteiger partial charge in [0.25, 0.3) is 0 Å². The van der Waals surface area contributed by atoms with Crippen molar-refractivity contribution in [3.05, 3.63) is 0 Å². The fraction of sp³-hybridized carbons (Fsp3) is 1.00. The minimum absolute atomic E-state index is 0. The zero-order chi connectivity index (χ0) is 4.12. The highest BCUT2D eigenvalue weighted by Crippen LogP contribution is 1.47. The minimum atomic E-state index is 0. The van der Waals surface area contributed by atoms with E-state index in [1.54, 1.807) is 0 Å². The molecule has 10 heavy (non-hydrogen) atoms. The van der Waals surface area contributed by atoms with Crippen LogP contribution in [0.25, 0.3) is 0 Å². The van der Waals surface area contributed by atoms with E-state index in [0.717, 1.165) is 13.1 Å². The van der Waals surface area contributed by atoms with Crippen molar-refractivity contribution in [1.82, 2.24) is 5.32 Å². The number of nitrogens with one attached hydrogen (secondary N) is 1. The van der Waals surface area contributed by atoms with Gasteiger partial charge in [0.05, 0.1) is 0 Å². The molecule has 0 aromatic rings. The molecule has 0 spiro atoms. The van der Waals surface area contributed by atoms with E-state index < -0.39 is 0 Å². The van der Waals surface area contributed by atoms with Crippen molar-refractivity contribution in [2.45, 2.75) is 13.8 Å². The summed E-state index contributed by atoms with van der Waals surface area (Å²) in [6.07, 6.45) is 0. The van der Waals surface area contributed by atoms with Crippen molar-refractivity contribution in [1.29, 1.82) is 0 Å². The van der Waals surface area contributed by atoms with Crippen molar-refractivity contribution >= 4 is 13.5 Å². The smallest absolute Gasteiger partial charge is 0.00775 e. The lowest BCUT2D eigenvalue weighted by Gasteiger charge is -1.86. The standard InChI is InChI=1S/C4H11N.4FH.H2S/c1-3-5-4-2;;;;;/h5H,3-4H2,1-2H3;4*1H;1H2. The first-order valence-electron chi connectivity index (χ1n) is 2.12. The lowest BCUT2D eigenvalue weighted by atomic mass is 10.7. The third-order valence-corrected chi connectivity index (χ3v) is 0.500. The third kappa shape index (κ3) is 96.3. The SMILES string of the molecule is CCNCC.F.F.F.F.S. The molecule has 6 heteroatoms. The van der Waals surface area contributed by atoms with Crippen LogP contribution in [0.1, 0.15) is 13.8 Å². The Morgan fingerprint density at radius 3 is 1.00 bits per heavy atom. The van der Waals surface area contributed by atoms with Crippen LogP contribution in [0.2, 0.25) is 0 Å². The molecule has 0 bridgehead atoms. The Balaban J connectivity index is -0.00000000800. The summed E-state index contributed by atoms with van der Waals surface area (Å²) in [4.78, 5) is 0. The van der Waals surface area contributed by atoms with E-state index in [4.69, 9.17) is 0 Å². The average molecular weight is 187 g/mol. The van der Waals surface area contributed by atoms with Gasteiger partial charge in [0.1, 0.15) is 0 Å². The molecule has 0 saturated heterocycles. The fourth-order valence-corrected chi connectivity index (χ4v) is 0.250. The molecule has 0 aliphatic carbocycles. The molecule has 0 heterocycles. The normalized spacial score (nSPS) is 4.20. The summed E-state index contributed by atoms with van der Waals surface area (Å²) in [5, 5.41) is 3.11. The Kier molecular flexibility index (Phi) is 319. The van der Waals surface area contributed by atoms with Crippen molar-refractivity contribution in [2.75, 3.05) is 13.1 Å². The zero-order valence-electron chi connectivity index (χ0n) is 6.05. The maximum atomic E-state index is 3.11. The molecule has 0 aliphatic rings. The van der Waals surface area contributed by atoms with Crippen molar-refractivity contribution in [3.8, 4) is 0 Å². The van der Waals surface area contributed by atoms with Gasteiger partial charge in [-0.25, -0.2) is 0 Å². The maximum absolute atomic E-state index is 3.11. The molecule has 0 aromatic carbocycles. The van der Waals surface area contributed by atoms with Crippen LogP contribution in [0.4, 0.5) is 18.8 Å². The molecule has 72 valence electrons. The molecular formula is C4H17F4NS. The summed E-state index contributed by atoms with van der Waals surface area (Å²) in [7, 11) is 0. The zero-order valence-corrected chi connectivity index (χ0v) is 7.05. The molecule has 0 unspecified atom stereocenters. The first-order chi connectivity index (χ1) is 2.41. The first-order valence-corrected chi connectivity index (χ1v) is 2.12. The third-order valence-electron chi connectivity index (χ3n) is 0.500. The van der Waals surface area contributed by atoms with E-state index in [9.17, 15) is 0 Å². The second-order valence-corrected chi connectivity index (χ2v) is 0.957. The molecule has 0 saturated carbocycles.